The van der Waals surface area contributed by atoms with Gasteiger partial charge in [0.05, 0.1) is 11.6 Å². The number of amides is 1. The van der Waals surface area contributed by atoms with Gasteiger partial charge in [0.25, 0.3) is 0 Å². The molecule has 0 spiro atoms. The van der Waals surface area contributed by atoms with Crippen molar-refractivity contribution in [2.75, 3.05) is 18.8 Å². The Morgan fingerprint density at radius 2 is 2.08 bits per heavy atom. The van der Waals surface area contributed by atoms with Crippen LogP contribution in [0.5, 0.6) is 0 Å². The molecule has 3 aromatic rings. The average molecular weight is 353 g/mol. The average Bonchev–Trinajstić information content (AvgIpc) is 3.21. The number of hydrogen-bond acceptors (Lipinski definition) is 7. The molecule has 26 heavy (non-hydrogen) atoms. The minimum atomic E-state index is -0.585. The van der Waals surface area contributed by atoms with Crippen molar-refractivity contribution < 1.29 is 9.90 Å². The number of carbonyl (C=O) groups excluding carboxylic acids is 1. The molecule has 9 heteroatoms. The number of benzene rings is 1. The Balaban J connectivity index is 1.43. The Kier molecular flexibility index (Phi) is 4.21. The van der Waals surface area contributed by atoms with Crippen LogP contribution in [-0.4, -0.2) is 60.3 Å². The van der Waals surface area contributed by atoms with Gasteiger partial charge < -0.3 is 15.7 Å². The molecule has 4 rings (SSSR count). The quantitative estimate of drug-likeness (QED) is 0.669. The van der Waals surface area contributed by atoms with E-state index < -0.39 is 6.10 Å². The van der Waals surface area contributed by atoms with Crippen LogP contribution in [0, 0.1) is 5.92 Å². The zero-order valence-corrected chi connectivity index (χ0v) is 14.1. The maximum absolute atomic E-state index is 12.4. The van der Waals surface area contributed by atoms with E-state index in [4.69, 9.17) is 5.73 Å². The fourth-order valence-electron chi connectivity index (χ4n) is 3.30. The molecule has 134 valence electrons. The fourth-order valence-corrected chi connectivity index (χ4v) is 3.30. The summed E-state index contributed by atoms with van der Waals surface area (Å²) in [6.07, 6.45) is 0.0291. The number of tetrazole rings is 1. The van der Waals surface area contributed by atoms with Crippen LogP contribution in [0.25, 0.3) is 10.9 Å². The van der Waals surface area contributed by atoms with E-state index in [1.807, 2.05) is 36.4 Å². The second-order valence-electron chi connectivity index (χ2n) is 6.52. The van der Waals surface area contributed by atoms with Crippen molar-refractivity contribution in [1.29, 1.82) is 0 Å². The number of carbonyl (C=O) groups is 1. The van der Waals surface area contributed by atoms with Gasteiger partial charge in [-0.25, -0.2) is 4.68 Å². The van der Waals surface area contributed by atoms with Crippen molar-refractivity contribution in [3.63, 3.8) is 0 Å². The SMILES string of the molecule is Nc1nnnn1CC(=O)N1C[C@@H](Cc2ccc3ccccc3n2)[C@H](O)C1. The van der Waals surface area contributed by atoms with E-state index >= 15 is 0 Å². The van der Waals surface area contributed by atoms with Gasteiger partial charge in [-0.05, 0) is 29.0 Å². The van der Waals surface area contributed by atoms with Gasteiger partial charge in [-0.15, -0.1) is 0 Å². The molecule has 0 unspecified atom stereocenters. The van der Waals surface area contributed by atoms with E-state index in [-0.39, 0.29) is 24.3 Å². The number of hydrogen-bond donors (Lipinski definition) is 2. The van der Waals surface area contributed by atoms with E-state index in [2.05, 4.69) is 20.5 Å². The third-order valence-electron chi connectivity index (χ3n) is 4.73. The summed E-state index contributed by atoms with van der Waals surface area (Å²) in [6.45, 7) is 0.724. The van der Waals surface area contributed by atoms with Crippen LogP contribution in [0.15, 0.2) is 36.4 Å². The Hall–Kier alpha value is -3.07. The van der Waals surface area contributed by atoms with Crippen LogP contribution in [0.1, 0.15) is 5.69 Å². The number of aromatic nitrogens is 5. The standard InChI is InChI=1S/C17H19N7O2/c18-17-20-21-22-24(17)10-16(26)23-8-12(15(25)9-23)7-13-6-5-11-3-1-2-4-14(11)19-13/h1-6,12,15,25H,7-10H2,(H2,18,20,22)/t12-,15-/m1/s1. The van der Waals surface area contributed by atoms with Crippen LogP contribution in [0.2, 0.25) is 0 Å². The highest BCUT2D eigenvalue weighted by atomic mass is 16.3. The predicted octanol–water partition coefficient (Wildman–Crippen LogP) is -0.135. The van der Waals surface area contributed by atoms with Gasteiger partial charge in [0.2, 0.25) is 11.9 Å². The number of β-amino-alcohol motifs (C(OH)–C–C–N with tert-alkyl or cyclic N) is 1. The number of para-hydroxylation sites is 1. The molecular formula is C17H19N7O2. The molecule has 3 heterocycles. The normalized spacial score (nSPS) is 20.0. The minimum Gasteiger partial charge on any atom is -0.391 e. The third kappa shape index (κ3) is 3.21. The van der Waals surface area contributed by atoms with Crippen molar-refractivity contribution in [2.24, 2.45) is 5.92 Å². The third-order valence-corrected chi connectivity index (χ3v) is 4.73. The van der Waals surface area contributed by atoms with Gasteiger partial charge in [-0.1, -0.05) is 29.4 Å². The maximum atomic E-state index is 12.4. The summed E-state index contributed by atoms with van der Waals surface area (Å²) in [6, 6.07) is 11.9. The number of pyridine rings is 1. The maximum Gasteiger partial charge on any atom is 0.244 e. The second-order valence-corrected chi connectivity index (χ2v) is 6.52. The number of fused-ring (bicyclic) bond motifs is 1. The summed E-state index contributed by atoms with van der Waals surface area (Å²) in [4.78, 5) is 18.7. The molecule has 1 amide bonds. The van der Waals surface area contributed by atoms with Crippen LogP contribution in [0.3, 0.4) is 0 Å². The fraction of sp³-hybridized carbons (Fsp3) is 0.353. The van der Waals surface area contributed by atoms with Crippen LogP contribution in [0.4, 0.5) is 5.95 Å². The molecule has 0 saturated carbocycles. The number of anilines is 1. The number of likely N-dealkylation sites (tertiary alicyclic amines) is 1. The molecule has 2 atom stereocenters. The van der Waals surface area contributed by atoms with Gasteiger partial charge in [0.1, 0.15) is 6.54 Å². The van der Waals surface area contributed by atoms with Gasteiger partial charge in [-0.3, -0.25) is 9.78 Å². The Bertz CT molecular complexity index is 942. The van der Waals surface area contributed by atoms with Gasteiger partial charge in [0, 0.05) is 30.1 Å². The number of aliphatic hydroxyl groups is 1. The Labute approximate surface area is 149 Å². The van der Waals surface area contributed by atoms with Crippen LogP contribution < -0.4 is 5.73 Å². The van der Waals surface area contributed by atoms with Crippen molar-refractivity contribution in [3.05, 3.63) is 42.1 Å². The largest absolute Gasteiger partial charge is 0.391 e. The number of nitrogen functional groups attached to an aromatic ring is 1. The monoisotopic (exact) mass is 353 g/mol. The van der Waals surface area contributed by atoms with E-state index in [1.165, 1.54) is 4.68 Å². The highest BCUT2D eigenvalue weighted by molar-refractivity contribution is 5.78. The first-order valence-corrected chi connectivity index (χ1v) is 8.42. The van der Waals surface area contributed by atoms with Gasteiger partial charge >= 0.3 is 0 Å². The molecule has 1 aliphatic rings. The molecule has 0 aliphatic carbocycles. The van der Waals surface area contributed by atoms with Crippen molar-refractivity contribution in [1.82, 2.24) is 30.1 Å². The topological polar surface area (TPSA) is 123 Å². The molecule has 0 bridgehead atoms. The molecular weight excluding hydrogens is 334 g/mol. The number of rotatable bonds is 4. The molecule has 1 saturated heterocycles. The molecule has 1 aliphatic heterocycles. The molecule has 0 radical (unpaired) electrons. The number of aliphatic hydroxyl groups excluding tert-OH is 1. The smallest absolute Gasteiger partial charge is 0.244 e. The highest BCUT2D eigenvalue weighted by Gasteiger charge is 2.34. The zero-order valence-electron chi connectivity index (χ0n) is 14.1. The first-order valence-electron chi connectivity index (χ1n) is 8.42. The minimum absolute atomic E-state index is 0.0352. The Morgan fingerprint density at radius 1 is 1.23 bits per heavy atom. The van der Waals surface area contributed by atoms with Crippen LogP contribution in [-0.2, 0) is 17.8 Å². The van der Waals surface area contributed by atoms with Gasteiger partial charge in [-0.2, -0.15) is 0 Å². The molecule has 9 nitrogen and oxygen atoms in total. The van der Waals surface area contributed by atoms with E-state index in [1.54, 1.807) is 4.90 Å². The number of nitrogens with zero attached hydrogens (tertiary/aromatic N) is 6. The lowest BCUT2D eigenvalue weighted by atomic mass is 9.99. The molecule has 2 aromatic heterocycles. The van der Waals surface area contributed by atoms with Crippen molar-refractivity contribution in [2.45, 2.75) is 19.1 Å². The lowest BCUT2D eigenvalue weighted by molar-refractivity contribution is -0.131. The molecule has 1 fully saturated rings. The summed E-state index contributed by atoms with van der Waals surface area (Å²) in [5.41, 5.74) is 7.43. The molecule has 1 aromatic carbocycles. The van der Waals surface area contributed by atoms with Gasteiger partial charge in [0.15, 0.2) is 0 Å². The summed E-state index contributed by atoms with van der Waals surface area (Å²) < 4.78 is 1.24. The summed E-state index contributed by atoms with van der Waals surface area (Å²) in [5, 5.41) is 22.1. The van der Waals surface area contributed by atoms with E-state index in [9.17, 15) is 9.90 Å². The first-order chi connectivity index (χ1) is 12.6. The van der Waals surface area contributed by atoms with Crippen LogP contribution >= 0.6 is 0 Å². The summed E-state index contributed by atoms with van der Waals surface area (Å²) in [5.74, 6) is -0.133. The lowest BCUT2D eigenvalue weighted by Crippen LogP contribution is -2.33. The van der Waals surface area contributed by atoms with Crippen molar-refractivity contribution in [3.8, 4) is 0 Å². The van der Waals surface area contributed by atoms with Crippen molar-refractivity contribution >= 4 is 22.8 Å². The number of nitrogens with two attached hydrogens (primary N) is 1. The second kappa shape index (κ2) is 6.68. The molecule has 3 N–H and O–H groups in total. The predicted molar refractivity (Wildman–Crippen MR) is 93.8 cm³/mol. The zero-order chi connectivity index (χ0) is 18.1. The first kappa shape index (κ1) is 16.4. The summed E-state index contributed by atoms with van der Waals surface area (Å²) >= 11 is 0. The Morgan fingerprint density at radius 3 is 2.88 bits per heavy atom. The highest BCUT2D eigenvalue weighted by Crippen LogP contribution is 2.22. The van der Waals surface area contributed by atoms with E-state index in [0.29, 0.717) is 19.5 Å². The lowest BCUT2D eigenvalue weighted by Gasteiger charge is -2.16. The summed E-state index contributed by atoms with van der Waals surface area (Å²) in [7, 11) is 0. The van der Waals surface area contributed by atoms with E-state index in [0.717, 1.165) is 16.6 Å².